The molecular formula is C12H13ClN2O4. The summed E-state index contributed by atoms with van der Waals surface area (Å²) in [5.41, 5.74) is 6.13. The number of aliphatic carboxylic acids is 1. The number of benzene rings is 1. The maximum atomic E-state index is 12.2. The van der Waals surface area contributed by atoms with Gasteiger partial charge in [-0.25, -0.2) is 4.79 Å². The minimum atomic E-state index is -1.14. The van der Waals surface area contributed by atoms with E-state index in [9.17, 15) is 14.7 Å². The zero-order chi connectivity index (χ0) is 14.2. The van der Waals surface area contributed by atoms with Crippen LogP contribution in [0.15, 0.2) is 18.2 Å². The topological polar surface area (TPSA) is 104 Å². The van der Waals surface area contributed by atoms with Crippen molar-refractivity contribution in [3.05, 3.63) is 28.8 Å². The van der Waals surface area contributed by atoms with Crippen LogP contribution in [-0.2, 0) is 4.79 Å². The van der Waals surface area contributed by atoms with Crippen LogP contribution in [0.5, 0.6) is 0 Å². The Labute approximate surface area is 114 Å². The van der Waals surface area contributed by atoms with Crippen LogP contribution < -0.4 is 5.73 Å². The number of nitrogens with two attached hydrogens (primary N) is 1. The minimum absolute atomic E-state index is 0.0117. The van der Waals surface area contributed by atoms with Gasteiger partial charge in [0.25, 0.3) is 5.91 Å². The van der Waals surface area contributed by atoms with Gasteiger partial charge in [-0.3, -0.25) is 4.79 Å². The van der Waals surface area contributed by atoms with E-state index in [4.69, 9.17) is 22.4 Å². The number of aliphatic hydroxyl groups excluding tert-OH is 1. The third-order valence-electron chi connectivity index (χ3n) is 2.99. The maximum absolute atomic E-state index is 12.2. The number of amides is 1. The normalized spacial score (nSPS) is 22.5. The molecule has 0 bridgehead atoms. The van der Waals surface area contributed by atoms with Crippen LogP contribution in [0.4, 0.5) is 5.69 Å². The molecule has 2 rings (SSSR count). The lowest BCUT2D eigenvalue weighted by Crippen LogP contribution is -2.40. The Balaban J connectivity index is 2.30. The highest BCUT2D eigenvalue weighted by Crippen LogP contribution is 2.23. The molecule has 4 N–H and O–H groups in total. The smallest absolute Gasteiger partial charge is 0.326 e. The van der Waals surface area contributed by atoms with Crippen molar-refractivity contribution in [3.63, 3.8) is 0 Å². The van der Waals surface area contributed by atoms with Gasteiger partial charge in [0.2, 0.25) is 0 Å². The summed E-state index contributed by atoms with van der Waals surface area (Å²) in [4.78, 5) is 24.4. The number of aliphatic hydroxyl groups is 1. The lowest BCUT2D eigenvalue weighted by atomic mass is 10.1. The van der Waals surface area contributed by atoms with Gasteiger partial charge in [-0.1, -0.05) is 11.6 Å². The highest BCUT2D eigenvalue weighted by molar-refractivity contribution is 6.31. The van der Waals surface area contributed by atoms with Gasteiger partial charge in [-0.2, -0.15) is 0 Å². The summed E-state index contributed by atoms with van der Waals surface area (Å²) in [6, 6.07) is 3.32. The molecule has 1 aromatic carbocycles. The number of nitrogens with zero attached hydrogens (tertiary/aromatic N) is 1. The number of β-amino-alcohol motifs (C(OH)–C–C–N with tert-alkyl or cyclic N) is 1. The van der Waals surface area contributed by atoms with Crippen LogP contribution in [-0.4, -0.2) is 45.7 Å². The van der Waals surface area contributed by atoms with E-state index in [1.807, 2.05) is 0 Å². The number of likely N-dealkylation sites (tertiary alicyclic amines) is 1. The second-order valence-electron chi connectivity index (χ2n) is 4.47. The highest BCUT2D eigenvalue weighted by atomic mass is 35.5. The number of rotatable bonds is 2. The molecule has 1 aliphatic rings. The van der Waals surface area contributed by atoms with Gasteiger partial charge in [0.1, 0.15) is 6.04 Å². The molecule has 1 aromatic rings. The lowest BCUT2D eigenvalue weighted by Gasteiger charge is -2.21. The van der Waals surface area contributed by atoms with Crippen LogP contribution in [0.1, 0.15) is 16.8 Å². The van der Waals surface area contributed by atoms with E-state index in [0.29, 0.717) is 10.7 Å². The zero-order valence-electron chi connectivity index (χ0n) is 9.91. The molecule has 7 heteroatoms. The molecule has 0 aliphatic carbocycles. The SMILES string of the molecule is Nc1cc(Cl)cc(C(=O)N2CC(O)CC2C(=O)O)c1. The molecule has 0 saturated carbocycles. The number of anilines is 1. The van der Waals surface area contributed by atoms with Crippen molar-refractivity contribution < 1.29 is 19.8 Å². The van der Waals surface area contributed by atoms with Crippen molar-refractivity contribution in [3.8, 4) is 0 Å². The minimum Gasteiger partial charge on any atom is -0.480 e. The average Bonchev–Trinajstić information content (AvgIpc) is 2.69. The molecule has 0 spiro atoms. The van der Waals surface area contributed by atoms with E-state index in [0.717, 1.165) is 4.90 Å². The third kappa shape index (κ3) is 2.80. The predicted octanol–water partition coefficient (Wildman–Crippen LogP) is 0.582. The number of carboxylic acids is 1. The van der Waals surface area contributed by atoms with E-state index >= 15 is 0 Å². The summed E-state index contributed by atoms with van der Waals surface area (Å²) in [5.74, 6) is -1.64. The van der Waals surface area contributed by atoms with E-state index in [1.54, 1.807) is 0 Å². The Hall–Kier alpha value is -1.79. The molecule has 6 nitrogen and oxygen atoms in total. The number of hydrogen-bond donors (Lipinski definition) is 3. The molecule has 0 radical (unpaired) electrons. The molecule has 2 atom stereocenters. The zero-order valence-corrected chi connectivity index (χ0v) is 10.7. The van der Waals surface area contributed by atoms with Crippen LogP contribution in [0.3, 0.4) is 0 Å². The Bertz CT molecular complexity index is 514. The number of carbonyl (C=O) groups is 2. The fourth-order valence-corrected chi connectivity index (χ4v) is 2.42. The van der Waals surface area contributed by atoms with Crippen LogP contribution in [0.2, 0.25) is 5.02 Å². The Kier molecular flexibility index (Phi) is 3.64. The van der Waals surface area contributed by atoms with Gasteiger partial charge >= 0.3 is 5.97 Å². The van der Waals surface area contributed by atoms with E-state index in [1.165, 1.54) is 18.2 Å². The molecule has 1 heterocycles. The fraction of sp³-hybridized carbons (Fsp3) is 0.333. The van der Waals surface area contributed by atoms with Crippen LogP contribution >= 0.6 is 11.6 Å². The summed E-state index contributed by atoms with van der Waals surface area (Å²) in [5, 5.41) is 18.9. The van der Waals surface area contributed by atoms with Crippen LogP contribution in [0, 0.1) is 0 Å². The Morgan fingerprint density at radius 1 is 1.37 bits per heavy atom. The summed E-state index contributed by atoms with van der Waals surface area (Å²) in [6.45, 7) is -0.0117. The first-order valence-corrected chi connectivity index (χ1v) is 6.04. The molecule has 1 fully saturated rings. The van der Waals surface area contributed by atoms with Crippen molar-refractivity contribution in [2.45, 2.75) is 18.6 Å². The summed E-state index contributed by atoms with van der Waals surface area (Å²) in [6.07, 6.45) is -0.807. The number of carbonyl (C=O) groups excluding carboxylic acids is 1. The molecule has 1 saturated heterocycles. The highest BCUT2D eigenvalue weighted by Gasteiger charge is 2.39. The van der Waals surface area contributed by atoms with Crippen molar-refractivity contribution in [2.75, 3.05) is 12.3 Å². The fourth-order valence-electron chi connectivity index (χ4n) is 2.17. The van der Waals surface area contributed by atoms with Crippen LogP contribution in [0.25, 0.3) is 0 Å². The summed E-state index contributed by atoms with van der Waals surface area (Å²) < 4.78 is 0. The predicted molar refractivity (Wildman–Crippen MR) is 68.9 cm³/mol. The van der Waals surface area contributed by atoms with E-state index in [2.05, 4.69) is 0 Å². The first-order chi connectivity index (χ1) is 8.88. The van der Waals surface area contributed by atoms with Crippen molar-refractivity contribution in [2.24, 2.45) is 0 Å². The molecular weight excluding hydrogens is 272 g/mol. The van der Waals surface area contributed by atoms with Gasteiger partial charge in [-0.05, 0) is 18.2 Å². The maximum Gasteiger partial charge on any atom is 0.326 e. The van der Waals surface area contributed by atoms with Gasteiger partial charge in [0.15, 0.2) is 0 Å². The average molecular weight is 285 g/mol. The second-order valence-corrected chi connectivity index (χ2v) is 4.91. The number of halogens is 1. The molecule has 19 heavy (non-hydrogen) atoms. The summed E-state index contributed by atoms with van der Waals surface area (Å²) >= 11 is 5.81. The summed E-state index contributed by atoms with van der Waals surface area (Å²) in [7, 11) is 0. The quantitative estimate of drug-likeness (QED) is 0.689. The van der Waals surface area contributed by atoms with Gasteiger partial charge in [0, 0.05) is 29.2 Å². The Morgan fingerprint density at radius 3 is 2.63 bits per heavy atom. The number of hydrogen-bond acceptors (Lipinski definition) is 4. The van der Waals surface area contributed by atoms with Gasteiger partial charge < -0.3 is 20.8 Å². The largest absolute Gasteiger partial charge is 0.480 e. The number of nitrogen functional groups attached to an aromatic ring is 1. The van der Waals surface area contributed by atoms with E-state index in [-0.39, 0.29) is 18.5 Å². The second kappa shape index (κ2) is 5.07. The molecule has 102 valence electrons. The third-order valence-corrected chi connectivity index (χ3v) is 3.21. The molecule has 2 unspecified atom stereocenters. The van der Waals surface area contributed by atoms with Gasteiger partial charge in [-0.15, -0.1) is 0 Å². The first kappa shape index (κ1) is 13.6. The lowest BCUT2D eigenvalue weighted by molar-refractivity contribution is -0.141. The van der Waals surface area contributed by atoms with E-state index < -0.39 is 24.0 Å². The molecule has 0 aromatic heterocycles. The van der Waals surface area contributed by atoms with Crippen molar-refractivity contribution in [1.29, 1.82) is 0 Å². The Morgan fingerprint density at radius 2 is 2.05 bits per heavy atom. The first-order valence-electron chi connectivity index (χ1n) is 5.66. The van der Waals surface area contributed by atoms with Crippen molar-refractivity contribution >= 4 is 29.2 Å². The standard InChI is InChI=1S/C12H13ClN2O4/c13-7-1-6(2-8(14)3-7)11(17)15-5-9(16)4-10(15)12(18)19/h1-3,9-10,16H,4-5,14H2,(H,18,19). The van der Waals surface area contributed by atoms with Gasteiger partial charge in [0.05, 0.1) is 6.10 Å². The molecule has 1 amide bonds. The van der Waals surface area contributed by atoms with Crippen molar-refractivity contribution in [1.82, 2.24) is 4.90 Å². The monoisotopic (exact) mass is 284 g/mol. The molecule has 1 aliphatic heterocycles. The number of carboxylic acid groups (broad SMARTS) is 1.